The number of para-hydroxylation sites is 1. The molecular formula is C21H25FN2O3. The molecule has 2 aromatic carbocycles. The molecule has 0 radical (unpaired) electrons. The van der Waals surface area contributed by atoms with Crippen LogP contribution in [0.4, 0.5) is 4.39 Å². The zero-order chi connectivity index (χ0) is 19.1. The largest absolute Gasteiger partial charge is 0.491 e. The third kappa shape index (κ3) is 6.05. The van der Waals surface area contributed by atoms with Gasteiger partial charge in [0.2, 0.25) is 5.91 Å². The predicted molar refractivity (Wildman–Crippen MR) is 101 cm³/mol. The number of amides is 1. The molecule has 1 aliphatic heterocycles. The van der Waals surface area contributed by atoms with Crippen molar-refractivity contribution in [2.75, 3.05) is 26.2 Å². The standard InChI is InChI=1S/C21H25FN2O3/c22-18-7-4-6-17(12-18)13-23-20(25)14-24-11-5-10-21(26,15-24)16-27-19-8-2-1-3-9-19/h1-4,6-9,12,26H,5,10-11,13-16H2,(H,23,25)/t21-/m1/s1. The normalized spacial score (nSPS) is 20.2. The molecule has 1 atom stereocenters. The zero-order valence-electron chi connectivity index (χ0n) is 15.2. The quantitative estimate of drug-likeness (QED) is 0.783. The first kappa shape index (κ1) is 19.3. The van der Waals surface area contributed by atoms with Gasteiger partial charge < -0.3 is 15.2 Å². The van der Waals surface area contributed by atoms with E-state index in [1.165, 1.54) is 12.1 Å². The number of β-amino-alcohol motifs (C(OH)–C–C–N with tert-alkyl or cyclic N) is 1. The summed E-state index contributed by atoms with van der Waals surface area (Å²) in [6.45, 7) is 1.81. The lowest BCUT2D eigenvalue weighted by Crippen LogP contribution is -2.53. The summed E-state index contributed by atoms with van der Waals surface area (Å²) < 4.78 is 18.9. The number of aliphatic hydroxyl groups is 1. The van der Waals surface area contributed by atoms with E-state index in [-0.39, 0.29) is 31.4 Å². The van der Waals surface area contributed by atoms with Crippen molar-refractivity contribution >= 4 is 5.91 Å². The predicted octanol–water partition coefficient (Wildman–Crippen LogP) is 2.35. The molecule has 27 heavy (non-hydrogen) atoms. The molecule has 2 aromatic rings. The number of likely N-dealkylation sites (tertiary alicyclic amines) is 1. The minimum Gasteiger partial charge on any atom is -0.491 e. The van der Waals surface area contributed by atoms with Gasteiger partial charge in [-0.05, 0) is 49.2 Å². The Morgan fingerprint density at radius 1 is 1.22 bits per heavy atom. The van der Waals surface area contributed by atoms with Crippen LogP contribution < -0.4 is 10.1 Å². The van der Waals surface area contributed by atoms with Crippen molar-refractivity contribution in [2.45, 2.75) is 25.0 Å². The van der Waals surface area contributed by atoms with Crippen LogP contribution in [0, 0.1) is 5.82 Å². The summed E-state index contributed by atoms with van der Waals surface area (Å²) in [6, 6.07) is 15.5. The van der Waals surface area contributed by atoms with Gasteiger partial charge in [-0.15, -0.1) is 0 Å². The lowest BCUT2D eigenvalue weighted by molar-refractivity contribution is -0.124. The average Bonchev–Trinajstić information content (AvgIpc) is 2.66. The maximum absolute atomic E-state index is 13.2. The van der Waals surface area contributed by atoms with Crippen molar-refractivity contribution in [3.63, 3.8) is 0 Å². The Kier molecular flexibility index (Phi) is 6.42. The highest BCUT2D eigenvalue weighted by Crippen LogP contribution is 2.22. The Balaban J connectivity index is 1.46. The summed E-state index contributed by atoms with van der Waals surface area (Å²) in [7, 11) is 0. The third-order valence-corrected chi connectivity index (χ3v) is 4.63. The van der Waals surface area contributed by atoms with Crippen LogP contribution >= 0.6 is 0 Å². The molecule has 0 bridgehead atoms. The van der Waals surface area contributed by atoms with E-state index < -0.39 is 5.60 Å². The fourth-order valence-corrected chi connectivity index (χ4v) is 3.30. The summed E-state index contributed by atoms with van der Waals surface area (Å²) in [5, 5.41) is 13.6. The van der Waals surface area contributed by atoms with Gasteiger partial charge in [0.15, 0.2) is 0 Å². The number of hydrogen-bond donors (Lipinski definition) is 2. The minimum atomic E-state index is -0.975. The smallest absolute Gasteiger partial charge is 0.234 e. The molecule has 0 spiro atoms. The molecule has 5 nitrogen and oxygen atoms in total. The molecule has 1 heterocycles. The van der Waals surface area contributed by atoms with Crippen molar-refractivity contribution in [1.29, 1.82) is 0 Å². The molecule has 0 unspecified atom stereocenters. The number of ether oxygens (including phenoxy) is 1. The van der Waals surface area contributed by atoms with E-state index in [0.717, 1.165) is 24.3 Å². The Morgan fingerprint density at radius 3 is 2.81 bits per heavy atom. The number of rotatable bonds is 7. The summed E-state index contributed by atoms with van der Waals surface area (Å²) in [4.78, 5) is 14.1. The van der Waals surface area contributed by atoms with E-state index in [0.29, 0.717) is 13.0 Å². The molecule has 2 N–H and O–H groups in total. The summed E-state index contributed by atoms with van der Waals surface area (Å²) in [5.74, 6) is 0.254. The maximum Gasteiger partial charge on any atom is 0.234 e. The molecular weight excluding hydrogens is 347 g/mol. The number of nitrogens with one attached hydrogen (secondary N) is 1. The van der Waals surface area contributed by atoms with Gasteiger partial charge in [0.25, 0.3) is 0 Å². The number of carbonyl (C=O) groups is 1. The van der Waals surface area contributed by atoms with Crippen molar-refractivity contribution < 1.29 is 19.0 Å². The van der Waals surface area contributed by atoms with E-state index in [4.69, 9.17) is 4.74 Å². The number of piperidine rings is 1. The lowest BCUT2D eigenvalue weighted by Gasteiger charge is -2.38. The molecule has 1 fully saturated rings. The molecule has 0 aromatic heterocycles. The van der Waals surface area contributed by atoms with Gasteiger partial charge in [0.05, 0.1) is 6.54 Å². The van der Waals surface area contributed by atoms with E-state index in [9.17, 15) is 14.3 Å². The van der Waals surface area contributed by atoms with Crippen molar-refractivity contribution in [3.05, 3.63) is 66.0 Å². The fraction of sp³-hybridized carbons (Fsp3) is 0.381. The topological polar surface area (TPSA) is 61.8 Å². The minimum absolute atomic E-state index is 0.146. The molecule has 1 amide bonds. The number of hydrogen-bond acceptors (Lipinski definition) is 4. The highest BCUT2D eigenvalue weighted by molar-refractivity contribution is 5.78. The SMILES string of the molecule is O=C(CN1CCC[C@](O)(COc2ccccc2)C1)NCc1cccc(F)c1. The van der Waals surface area contributed by atoms with Crippen LogP contribution in [0.5, 0.6) is 5.75 Å². The monoisotopic (exact) mass is 372 g/mol. The van der Waals surface area contributed by atoms with Gasteiger partial charge >= 0.3 is 0 Å². The molecule has 0 aliphatic carbocycles. The van der Waals surface area contributed by atoms with Gasteiger partial charge in [-0.1, -0.05) is 30.3 Å². The Bertz CT molecular complexity index is 756. The van der Waals surface area contributed by atoms with Crippen LogP contribution in [0.2, 0.25) is 0 Å². The van der Waals surface area contributed by atoms with Crippen LogP contribution in [0.25, 0.3) is 0 Å². The van der Waals surface area contributed by atoms with Gasteiger partial charge in [0, 0.05) is 13.1 Å². The van der Waals surface area contributed by atoms with Gasteiger partial charge in [-0.3, -0.25) is 9.69 Å². The zero-order valence-corrected chi connectivity index (χ0v) is 15.2. The first-order valence-electron chi connectivity index (χ1n) is 9.16. The van der Waals surface area contributed by atoms with Crippen molar-refractivity contribution in [3.8, 4) is 5.75 Å². The summed E-state index contributed by atoms with van der Waals surface area (Å²) in [6.07, 6.45) is 1.44. The van der Waals surface area contributed by atoms with Crippen LogP contribution in [0.1, 0.15) is 18.4 Å². The van der Waals surface area contributed by atoms with E-state index in [1.54, 1.807) is 12.1 Å². The highest BCUT2D eigenvalue weighted by atomic mass is 19.1. The summed E-state index contributed by atoms with van der Waals surface area (Å²) >= 11 is 0. The molecule has 6 heteroatoms. The maximum atomic E-state index is 13.2. The second-order valence-electron chi connectivity index (χ2n) is 7.05. The van der Waals surface area contributed by atoms with Crippen molar-refractivity contribution in [2.24, 2.45) is 0 Å². The van der Waals surface area contributed by atoms with E-state index in [1.807, 2.05) is 35.2 Å². The van der Waals surface area contributed by atoms with Crippen LogP contribution in [0.15, 0.2) is 54.6 Å². The van der Waals surface area contributed by atoms with Crippen LogP contribution in [0.3, 0.4) is 0 Å². The Hall–Kier alpha value is -2.44. The second-order valence-corrected chi connectivity index (χ2v) is 7.05. The Morgan fingerprint density at radius 2 is 2.04 bits per heavy atom. The molecule has 3 rings (SSSR count). The molecule has 1 aliphatic rings. The fourth-order valence-electron chi connectivity index (χ4n) is 3.30. The highest BCUT2D eigenvalue weighted by Gasteiger charge is 2.34. The van der Waals surface area contributed by atoms with Gasteiger partial charge in [-0.2, -0.15) is 0 Å². The molecule has 1 saturated heterocycles. The van der Waals surface area contributed by atoms with Crippen LogP contribution in [-0.2, 0) is 11.3 Å². The summed E-state index contributed by atoms with van der Waals surface area (Å²) in [5.41, 5.74) is -0.258. The van der Waals surface area contributed by atoms with Crippen LogP contribution in [-0.4, -0.2) is 47.8 Å². The van der Waals surface area contributed by atoms with Gasteiger partial charge in [-0.25, -0.2) is 4.39 Å². The number of benzene rings is 2. The molecule has 144 valence electrons. The first-order valence-corrected chi connectivity index (χ1v) is 9.16. The number of carbonyl (C=O) groups excluding carboxylic acids is 1. The molecule has 0 saturated carbocycles. The Labute approximate surface area is 158 Å². The van der Waals surface area contributed by atoms with Crippen molar-refractivity contribution in [1.82, 2.24) is 10.2 Å². The first-order chi connectivity index (χ1) is 13.0. The lowest BCUT2D eigenvalue weighted by atomic mass is 9.93. The van der Waals surface area contributed by atoms with E-state index >= 15 is 0 Å². The number of nitrogens with zero attached hydrogens (tertiary/aromatic N) is 1. The second kappa shape index (κ2) is 8.97. The average molecular weight is 372 g/mol. The van der Waals surface area contributed by atoms with Gasteiger partial charge in [0.1, 0.15) is 23.8 Å². The third-order valence-electron chi connectivity index (χ3n) is 4.63. The number of halogens is 1. The van der Waals surface area contributed by atoms with E-state index in [2.05, 4.69) is 5.32 Å².